The largest absolute Gasteiger partial charge is 0.339 e. The zero-order valence-electron chi connectivity index (χ0n) is 13.4. The third-order valence-electron chi connectivity index (χ3n) is 4.57. The van der Waals surface area contributed by atoms with E-state index >= 15 is 0 Å². The van der Waals surface area contributed by atoms with E-state index in [-0.39, 0.29) is 28.8 Å². The lowest BCUT2D eigenvalue weighted by molar-refractivity contribution is -0.116. The highest BCUT2D eigenvalue weighted by Crippen LogP contribution is 2.30. The van der Waals surface area contributed by atoms with Gasteiger partial charge in [-0.25, -0.2) is 12.7 Å². The van der Waals surface area contributed by atoms with Crippen molar-refractivity contribution in [2.45, 2.75) is 26.2 Å². The lowest BCUT2D eigenvalue weighted by atomic mass is 9.98. The molecule has 0 unspecified atom stereocenters. The highest BCUT2D eigenvalue weighted by Gasteiger charge is 2.36. The molecule has 8 heteroatoms. The van der Waals surface area contributed by atoms with Crippen LogP contribution >= 0.6 is 11.6 Å². The van der Waals surface area contributed by atoms with Crippen LogP contribution < -0.4 is 4.31 Å². The minimum atomic E-state index is -3.64. The molecular weight excluding hydrogens is 352 g/mol. The molecule has 1 aromatic carbocycles. The predicted molar refractivity (Wildman–Crippen MR) is 91.6 cm³/mol. The number of carbonyl (C=O) groups excluding carboxylic acids is 2. The monoisotopic (exact) mass is 370 g/mol. The Hall–Kier alpha value is -1.60. The van der Waals surface area contributed by atoms with Crippen molar-refractivity contribution >= 4 is 39.1 Å². The van der Waals surface area contributed by atoms with Crippen LogP contribution in [0.15, 0.2) is 18.2 Å². The summed E-state index contributed by atoms with van der Waals surface area (Å²) in [7, 11) is -3.64. The van der Waals surface area contributed by atoms with Gasteiger partial charge in [-0.3, -0.25) is 9.59 Å². The maximum absolute atomic E-state index is 12.6. The smallest absolute Gasteiger partial charge is 0.255 e. The first kappa shape index (κ1) is 17.2. The highest BCUT2D eigenvalue weighted by molar-refractivity contribution is 7.94. The van der Waals surface area contributed by atoms with Gasteiger partial charge < -0.3 is 4.90 Å². The van der Waals surface area contributed by atoms with Gasteiger partial charge in [0.05, 0.1) is 22.0 Å². The van der Waals surface area contributed by atoms with E-state index < -0.39 is 15.9 Å². The van der Waals surface area contributed by atoms with Gasteiger partial charge in [-0.05, 0) is 37.0 Å². The summed E-state index contributed by atoms with van der Waals surface area (Å²) in [6, 6.07) is 4.34. The van der Waals surface area contributed by atoms with Crippen molar-refractivity contribution < 1.29 is 18.0 Å². The van der Waals surface area contributed by atoms with Gasteiger partial charge in [-0.15, -0.1) is 0 Å². The quantitative estimate of drug-likeness (QED) is 0.800. The molecule has 0 N–H and O–H groups in total. The average Bonchev–Trinajstić information content (AvgIpc) is 2.80. The van der Waals surface area contributed by atoms with Crippen molar-refractivity contribution in [3.8, 4) is 0 Å². The Morgan fingerprint density at radius 1 is 1.25 bits per heavy atom. The Balaban J connectivity index is 1.85. The Morgan fingerprint density at radius 2 is 1.92 bits per heavy atom. The SMILES string of the molecule is CC1CCN(C(=O)c2ccc(N3C(=O)CCS3(=O)=O)cc2Cl)CC1. The molecule has 0 radical (unpaired) electrons. The van der Waals surface area contributed by atoms with Crippen LogP contribution in [0.3, 0.4) is 0 Å². The van der Waals surface area contributed by atoms with Crippen LogP contribution in [0, 0.1) is 5.92 Å². The van der Waals surface area contributed by atoms with Gasteiger partial charge in [0.1, 0.15) is 0 Å². The van der Waals surface area contributed by atoms with Gasteiger partial charge in [0, 0.05) is 19.5 Å². The number of likely N-dealkylation sites (tertiary alicyclic amines) is 1. The molecule has 3 rings (SSSR count). The lowest BCUT2D eigenvalue weighted by Gasteiger charge is -2.30. The average molecular weight is 371 g/mol. The number of hydrogen-bond donors (Lipinski definition) is 0. The van der Waals surface area contributed by atoms with Crippen LogP contribution in [0.25, 0.3) is 0 Å². The molecule has 0 aliphatic carbocycles. The molecule has 0 atom stereocenters. The number of benzene rings is 1. The van der Waals surface area contributed by atoms with Gasteiger partial charge in [-0.1, -0.05) is 18.5 Å². The maximum atomic E-state index is 12.6. The lowest BCUT2D eigenvalue weighted by Crippen LogP contribution is -2.38. The molecule has 2 aliphatic heterocycles. The number of rotatable bonds is 2. The zero-order valence-corrected chi connectivity index (χ0v) is 14.9. The second kappa shape index (κ2) is 6.37. The van der Waals surface area contributed by atoms with Gasteiger partial charge in [0.25, 0.3) is 5.91 Å². The first-order valence-corrected chi connectivity index (χ1v) is 9.93. The third kappa shape index (κ3) is 3.15. The number of anilines is 1. The first-order valence-electron chi connectivity index (χ1n) is 7.94. The summed E-state index contributed by atoms with van der Waals surface area (Å²) in [5, 5.41) is 0.158. The van der Waals surface area contributed by atoms with E-state index in [1.165, 1.54) is 18.2 Å². The fourth-order valence-electron chi connectivity index (χ4n) is 3.05. The minimum Gasteiger partial charge on any atom is -0.339 e. The number of amides is 2. The van der Waals surface area contributed by atoms with Crippen molar-refractivity contribution in [2.24, 2.45) is 5.92 Å². The molecule has 2 saturated heterocycles. The molecule has 2 fully saturated rings. The van der Waals surface area contributed by atoms with E-state index in [0.717, 1.165) is 17.1 Å². The molecule has 2 heterocycles. The Kier molecular flexibility index (Phi) is 4.57. The summed E-state index contributed by atoms with van der Waals surface area (Å²) >= 11 is 6.21. The van der Waals surface area contributed by atoms with E-state index in [0.29, 0.717) is 24.6 Å². The van der Waals surface area contributed by atoms with Crippen molar-refractivity contribution in [1.29, 1.82) is 0 Å². The van der Waals surface area contributed by atoms with Crippen molar-refractivity contribution in [2.75, 3.05) is 23.1 Å². The molecule has 1 aromatic rings. The number of nitrogens with zero attached hydrogens (tertiary/aromatic N) is 2. The topological polar surface area (TPSA) is 74.8 Å². The number of hydrogen-bond acceptors (Lipinski definition) is 4. The van der Waals surface area contributed by atoms with Gasteiger partial charge >= 0.3 is 0 Å². The number of carbonyl (C=O) groups is 2. The summed E-state index contributed by atoms with van der Waals surface area (Å²) in [4.78, 5) is 26.2. The van der Waals surface area contributed by atoms with Crippen molar-refractivity contribution in [1.82, 2.24) is 4.90 Å². The molecule has 6 nitrogen and oxygen atoms in total. The second-order valence-electron chi connectivity index (χ2n) is 6.36. The molecule has 2 aliphatic rings. The van der Waals surface area contributed by atoms with E-state index in [9.17, 15) is 18.0 Å². The molecule has 0 spiro atoms. The predicted octanol–water partition coefficient (Wildman–Crippen LogP) is 2.28. The molecule has 130 valence electrons. The van der Waals surface area contributed by atoms with E-state index in [1.807, 2.05) is 0 Å². The van der Waals surface area contributed by atoms with Crippen LogP contribution in [-0.2, 0) is 14.8 Å². The fraction of sp³-hybridized carbons (Fsp3) is 0.500. The molecule has 24 heavy (non-hydrogen) atoms. The normalized spacial score (nSPS) is 21.3. The third-order valence-corrected chi connectivity index (χ3v) is 6.57. The van der Waals surface area contributed by atoms with Crippen LogP contribution in [0.5, 0.6) is 0 Å². The number of sulfonamides is 1. The molecule has 0 bridgehead atoms. The summed E-state index contributed by atoms with van der Waals surface area (Å²) in [5.74, 6) is -0.224. The molecule has 2 amide bonds. The number of piperidine rings is 1. The molecule has 0 saturated carbocycles. The second-order valence-corrected chi connectivity index (χ2v) is 8.71. The van der Waals surface area contributed by atoms with E-state index in [2.05, 4.69) is 6.92 Å². The Morgan fingerprint density at radius 3 is 2.46 bits per heavy atom. The standard InChI is InChI=1S/C16H19ClN2O4S/c1-11-4-7-18(8-5-11)16(21)13-3-2-12(10-14(13)17)19-15(20)6-9-24(19,22)23/h2-3,10-11H,4-9H2,1H3. The highest BCUT2D eigenvalue weighted by atomic mass is 35.5. The Labute approximate surface area is 146 Å². The van der Waals surface area contributed by atoms with Crippen LogP contribution in [0.4, 0.5) is 5.69 Å². The van der Waals surface area contributed by atoms with Crippen LogP contribution in [0.1, 0.15) is 36.5 Å². The van der Waals surface area contributed by atoms with E-state index in [1.54, 1.807) is 4.90 Å². The zero-order chi connectivity index (χ0) is 17.5. The fourth-order valence-corrected chi connectivity index (χ4v) is 4.76. The van der Waals surface area contributed by atoms with Crippen LogP contribution in [0.2, 0.25) is 5.02 Å². The summed E-state index contributed by atoms with van der Waals surface area (Å²) in [6.45, 7) is 3.55. The summed E-state index contributed by atoms with van der Waals surface area (Å²) < 4.78 is 24.7. The summed E-state index contributed by atoms with van der Waals surface area (Å²) in [5.41, 5.74) is 0.519. The van der Waals surface area contributed by atoms with Crippen LogP contribution in [-0.4, -0.2) is 44.0 Å². The van der Waals surface area contributed by atoms with E-state index in [4.69, 9.17) is 11.6 Å². The summed E-state index contributed by atoms with van der Waals surface area (Å²) in [6.07, 6.45) is 1.89. The van der Waals surface area contributed by atoms with Crippen molar-refractivity contribution in [3.05, 3.63) is 28.8 Å². The minimum absolute atomic E-state index is 0.0351. The Bertz CT molecular complexity index is 785. The first-order chi connectivity index (χ1) is 11.3. The van der Waals surface area contributed by atoms with Gasteiger partial charge in [0.15, 0.2) is 0 Å². The maximum Gasteiger partial charge on any atom is 0.255 e. The van der Waals surface area contributed by atoms with Crippen molar-refractivity contribution in [3.63, 3.8) is 0 Å². The number of halogens is 1. The molecular formula is C16H19ClN2O4S. The van der Waals surface area contributed by atoms with Gasteiger partial charge in [0.2, 0.25) is 15.9 Å². The van der Waals surface area contributed by atoms with Gasteiger partial charge in [-0.2, -0.15) is 0 Å². The molecule has 0 aromatic heterocycles.